The van der Waals surface area contributed by atoms with Gasteiger partial charge in [-0.05, 0) is 60.6 Å². The van der Waals surface area contributed by atoms with E-state index in [1.165, 1.54) is 24.4 Å². The largest absolute Gasteiger partial charge is 0.453 e. The molecule has 0 aliphatic carbocycles. The van der Waals surface area contributed by atoms with Crippen molar-refractivity contribution in [2.45, 2.75) is 6.54 Å². The number of piperazine rings is 1. The Morgan fingerprint density at radius 2 is 1.97 bits per heavy atom. The first-order valence-electron chi connectivity index (χ1n) is 10.9. The van der Waals surface area contributed by atoms with Crippen molar-refractivity contribution < 1.29 is 13.9 Å². The van der Waals surface area contributed by atoms with Gasteiger partial charge >= 0.3 is 0 Å². The number of hydrogen-bond donors (Lipinski definition) is 1. The number of amides is 1. The molecule has 7 heteroatoms. The van der Waals surface area contributed by atoms with E-state index < -0.39 is 5.82 Å². The predicted octanol–water partition coefficient (Wildman–Crippen LogP) is 4.41. The van der Waals surface area contributed by atoms with Crippen molar-refractivity contribution in [3.8, 4) is 11.5 Å². The lowest BCUT2D eigenvalue weighted by atomic mass is 10.1. The van der Waals surface area contributed by atoms with Gasteiger partial charge in [-0.15, -0.1) is 0 Å². The van der Waals surface area contributed by atoms with Crippen LogP contribution in [0.15, 0.2) is 73.1 Å². The number of carbonyl (C=O) groups is 1. The lowest BCUT2D eigenvalue weighted by molar-refractivity contribution is -0.111. The van der Waals surface area contributed by atoms with E-state index in [4.69, 9.17) is 4.74 Å². The average Bonchev–Trinajstić information content (AvgIpc) is 2.82. The zero-order chi connectivity index (χ0) is 23.0. The highest BCUT2D eigenvalue weighted by Gasteiger charge is 2.14. The number of aromatic nitrogens is 1. The molecule has 1 aliphatic heterocycles. The molecule has 1 N–H and O–H groups in total. The van der Waals surface area contributed by atoms with Crippen molar-refractivity contribution in [2.24, 2.45) is 0 Å². The predicted molar refractivity (Wildman–Crippen MR) is 128 cm³/mol. The Bertz CT molecular complexity index is 1110. The second-order valence-electron chi connectivity index (χ2n) is 8.08. The van der Waals surface area contributed by atoms with Gasteiger partial charge in [0.2, 0.25) is 5.91 Å². The Balaban J connectivity index is 1.33. The Hall–Kier alpha value is -3.55. The van der Waals surface area contributed by atoms with Crippen LogP contribution in [0.3, 0.4) is 0 Å². The van der Waals surface area contributed by atoms with Crippen LogP contribution in [-0.2, 0) is 11.3 Å². The molecule has 33 heavy (non-hydrogen) atoms. The van der Waals surface area contributed by atoms with Crippen LogP contribution in [0.1, 0.15) is 11.1 Å². The van der Waals surface area contributed by atoms with Gasteiger partial charge in [-0.25, -0.2) is 4.39 Å². The summed E-state index contributed by atoms with van der Waals surface area (Å²) in [5, 5.41) is 2.88. The standard InChI is InChI=1S/C26H27FN4O2/c1-30-12-14-31(15-13-30)19-21-4-2-5-22(16-21)29-26(32)10-8-20-7-9-25(24(27)17-20)33-23-6-3-11-28-18-23/h2-11,16-18H,12-15,19H2,1H3,(H,29,32)/b10-8+. The minimum atomic E-state index is -0.516. The normalized spacial score (nSPS) is 15.0. The van der Waals surface area contributed by atoms with Gasteiger partial charge in [-0.2, -0.15) is 0 Å². The monoisotopic (exact) mass is 446 g/mol. The van der Waals surface area contributed by atoms with Gasteiger partial charge in [0.1, 0.15) is 5.75 Å². The summed E-state index contributed by atoms with van der Waals surface area (Å²) in [7, 11) is 2.14. The fourth-order valence-corrected chi connectivity index (χ4v) is 3.61. The molecule has 0 bridgehead atoms. The number of halogens is 1. The van der Waals surface area contributed by atoms with E-state index >= 15 is 0 Å². The fraction of sp³-hybridized carbons (Fsp3) is 0.231. The number of nitrogens with one attached hydrogen (secondary N) is 1. The van der Waals surface area contributed by atoms with Gasteiger partial charge in [0.15, 0.2) is 11.6 Å². The van der Waals surface area contributed by atoms with Crippen molar-refractivity contribution in [3.63, 3.8) is 0 Å². The minimum Gasteiger partial charge on any atom is -0.453 e. The van der Waals surface area contributed by atoms with E-state index in [-0.39, 0.29) is 11.7 Å². The molecule has 2 heterocycles. The molecule has 0 saturated carbocycles. The van der Waals surface area contributed by atoms with Gasteiger partial charge in [0.25, 0.3) is 0 Å². The first-order chi connectivity index (χ1) is 16.0. The van der Waals surface area contributed by atoms with E-state index in [0.717, 1.165) is 44.0 Å². The highest BCUT2D eigenvalue weighted by atomic mass is 19.1. The SMILES string of the molecule is CN1CCN(Cc2cccc(NC(=O)/C=C/c3ccc(Oc4cccnc4)c(F)c3)c2)CC1. The molecule has 2 aromatic carbocycles. The molecule has 0 spiro atoms. The molecule has 0 unspecified atom stereocenters. The Morgan fingerprint density at radius 3 is 2.73 bits per heavy atom. The van der Waals surface area contributed by atoms with Gasteiger partial charge in [0.05, 0.1) is 6.20 Å². The van der Waals surface area contributed by atoms with Crippen LogP contribution >= 0.6 is 0 Å². The molecule has 170 valence electrons. The molecular formula is C26H27FN4O2. The summed E-state index contributed by atoms with van der Waals surface area (Å²) in [6, 6.07) is 15.8. The van der Waals surface area contributed by atoms with Gasteiger partial charge in [-0.1, -0.05) is 18.2 Å². The molecule has 1 amide bonds. The molecule has 0 atom stereocenters. The fourth-order valence-electron chi connectivity index (χ4n) is 3.61. The van der Waals surface area contributed by atoms with E-state index in [1.54, 1.807) is 30.5 Å². The van der Waals surface area contributed by atoms with Crippen LogP contribution in [0.25, 0.3) is 6.08 Å². The third-order valence-corrected chi connectivity index (χ3v) is 5.44. The Morgan fingerprint density at radius 1 is 1.12 bits per heavy atom. The topological polar surface area (TPSA) is 57.7 Å². The quantitative estimate of drug-likeness (QED) is 0.545. The van der Waals surface area contributed by atoms with Crippen molar-refractivity contribution in [1.29, 1.82) is 0 Å². The minimum absolute atomic E-state index is 0.0989. The zero-order valence-corrected chi connectivity index (χ0v) is 18.6. The number of ether oxygens (including phenoxy) is 1. The van der Waals surface area contributed by atoms with Crippen LogP contribution in [0, 0.1) is 5.82 Å². The lowest BCUT2D eigenvalue weighted by Gasteiger charge is -2.32. The molecule has 3 aromatic rings. The average molecular weight is 447 g/mol. The number of hydrogen-bond acceptors (Lipinski definition) is 5. The lowest BCUT2D eigenvalue weighted by Crippen LogP contribution is -2.43. The maximum absolute atomic E-state index is 14.4. The number of likely N-dealkylation sites (N-methyl/N-ethyl adjacent to an activating group) is 1. The summed E-state index contributed by atoms with van der Waals surface area (Å²) in [6.45, 7) is 5.08. The molecule has 0 radical (unpaired) electrons. The Kier molecular flexibility index (Phi) is 7.44. The second-order valence-corrected chi connectivity index (χ2v) is 8.08. The number of pyridine rings is 1. The highest BCUT2D eigenvalue weighted by Crippen LogP contribution is 2.25. The molecule has 1 aliphatic rings. The van der Waals surface area contributed by atoms with Crippen LogP contribution in [0.2, 0.25) is 0 Å². The number of rotatable bonds is 7. The number of anilines is 1. The maximum Gasteiger partial charge on any atom is 0.248 e. The molecular weight excluding hydrogens is 419 g/mol. The third kappa shape index (κ3) is 6.71. The van der Waals surface area contributed by atoms with Crippen molar-refractivity contribution in [2.75, 3.05) is 38.5 Å². The van der Waals surface area contributed by atoms with Crippen molar-refractivity contribution in [3.05, 3.63) is 90.0 Å². The van der Waals surface area contributed by atoms with Gasteiger partial charge in [0, 0.05) is 50.7 Å². The number of benzene rings is 2. The molecule has 1 saturated heterocycles. The van der Waals surface area contributed by atoms with E-state index in [2.05, 4.69) is 33.2 Å². The van der Waals surface area contributed by atoms with Crippen LogP contribution in [0.4, 0.5) is 10.1 Å². The van der Waals surface area contributed by atoms with E-state index in [9.17, 15) is 9.18 Å². The Labute approximate surface area is 193 Å². The second kappa shape index (κ2) is 10.8. The molecule has 4 rings (SSSR count). The number of nitrogens with zero attached hydrogens (tertiary/aromatic N) is 3. The van der Waals surface area contributed by atoms with E-state index in [0.29, 0.717) is 11.3 Å². The summed E-state index contributed by atoms with van der Waals surface area (Å²) in [4.78, 5) is 21.1. The summed E-state index contributed by atoms with van der Waals surface area (Å²) in [6.07, 6.45) is 6.09. The third-order valence-electron chi connectivity index (χ3n) is 5.44. The molecule has 1 fully saturated rings. The number of carbonyl (C=O) groups excluding carboxylic acids is 1. The molecule has 1 aromatic heterocycles. The van der Waals surface area contributed by atoms with Crippen LogP contribution in [0.5, 0.6) is 11.5 Å². The first-order valence-corrected chi connectivity index (χ1v) is 10.9. The first kappa shape index (κ1) is 22.6. The zero-order valence-electron chi connectivity index (χ0n) is 18.6. The van der Waals surface area contributed by atoms with Crippen LogP contribution < -0.4 is 10.1 Å². The summed E-state index contributed by atoms with van der Waals surface area (Å²) < 4.78 is 19.9. The maximum atomic E-state index is 14.4. The summed E-state index contributed by atoms with van der Waals surface area (Å²) >= 11 is 0. The van der Waals surface area contributed by atoms with Crippen molar-refractivity contribution in [1.82, 2.24) is 14.8 Å². The van der Waals surface area contributed by atoms with Crippen molar-refractivity contribution >= 4 is 17.7 Å². The van der Waals surface area contributed by atoms with E-state index in [1.807, 2.05) is 18.2 Å². The summed E-state index contributed by atoms with van der Waals surface area (Å²) in [5.41, 5.74) is 2.46. The highest BCUT2D eigenvalue weighted by molar-refractivity contribution is 6.01. The van der Waals surface area contributed by atoms with Gasteiger partial charge < -0.3 is 15.0 Å². The molecule has 6 nitrogen and oxygen atoms in total. The van der Waals surface area contributed by atoms with Crippen LogP contribution in [-0.4, -0.2) is 53.9 Å². The van der Waals surface area contributed by atoms with Gasteiger partial charge in [-0.3, -0.25) is 14.7 Å². The summed E-state index contributed by atoms with van der Waals surface area (Å²) in [5.74, 6) is -0.239. The smallest absolute Gasteiger partial charge is 0.248 e.